The molecule has 0 heterocycles. The third kappa shape index (κ3) is 5.37. The maximum atomic E-state index is 11.3. The second kappa shape index (κ2) is 5.71. The van der Waals surface area contributed by atoms with E-state index in [0.717, 1.165) is 0 Å². The van der Waals surface area contributed by atoms with Crippen LogP contribution in [0.4, 0.5) is 0 Å². The van der Waals surface area contributed by atoms with Gasteiger partial charge in [0, 0.05) is 19.9 Å². The summed E-state index contributed by atoms with van der Waals surface area (Å²) in [6, 6.07) is 0. The van der Waals surface area contributed by atoms with E-state index in [-0.39, 0.29) is 5.78 Å². The van der Waals surface area contributed by atoms with Gasteiger partial charge in [0.2, 0.25) is 0 Å². The summed E-state index contributed by atoms with van der Waals surface area (Å²) < 4.78 is 20.3. The lowest BCUT2D eigenvalue weighted by molar-refractivity contribution is -0.112. The van der Waals surface area contributed by atoms with E-state index in [0.29, 0.717) is 0 Å². The molecule has 4 nitrogen and oxygen atoms in total. The maximum absolute atomic E-state index is 11.3. The van der Waals surface area contributed by atoms with Crippen LogP contribution >= 0.6 is 7.60 Å². The van der Waals surface area contributed by atoms with Crippen molar-refractivity contribution in [1.29, 1.82) is 0 Å². The van der Waals surface area contributed by atoms with Gasteiger partial charge in [0.25, 0.3) is 0 Å². The summed E-state index contributed by atoms with van der Waals surface area (Å²) in [4.78, 5) is 10.4. The van der Waals surface area contributed by atoms with E-state index in [9.17, 15) is 9.36 Å². The number of rotatable bonds is 3. The molecule has 0 amide bonds. The first-order chi connectivity index (χ1) is 6.04. The number of hydrogen-bond acceptors (Lipinski definition) is 4. The molecule has 0 bridgehead atoms. The maximum Gasteiger partial charge on any atom is 0.405 e. The van der Waals surface area contributed by atoms with E-state index in [2.05, 4.69) is 20.6 Å². The van der Waals surface area contributed by atoms with Gasteiger partial charge in [-0.25, -0.2) is 4.57 Å². The first-order valence-electron chi connectivity index (χ1n) is 3.45. The van der Waals surface area contributed by atoms with Crippen LogP contribution in [0.2, 0.25) is 0 Å². The van der Waals surface area contributed by atoms with Crippen LogP contribution < -0.4 is 0 Å². The first-order valence-corrected chi connectivity index (χ1v) is 5.00. The molecule has 0 spiro atoms. The second-order valence-corrected chi connectivity index (χ2v) is 4.01. The van der Waals surface area contributed by atoms with Crippen LogP contribution in [-0.4, -0.2) is 20.0 Å². The van der Waals surface area contributed by atoms with Crippen molar-refractivity contribution in [2.45, 2.75) is 6.92 Å². The Morgan fingerprint density at radius 2 is 1.92 bits per heavy atom. The fraction of sp³-hybridized carbons (Fsp3) is 0.375. The molecule has 0 aromatic carbocycles. The quantitative estimate of drug-likeness (QED) is 0.396. The zero-order valence-electron chi connectivity index (χ0n) is 7.73. The Balaban J connectivity index is 4.40. The molecule has 0 unspecified atom stereocenters. The van der Waals surface area contributed by atoms with Crippen molar-refractivity contribution in [3.63, 3.8) is 0 Å². The lowest BCUT2D eigenvalue weighted by Gasteiger charge is -2.03. The minimum atomic E-state index is -3.26. The molecule has 0 aromatic rings. The number of carbonyl (C=O) groups excluding carboxylic acids is 1. The van der Waals surface area contributed by atoms with Crippen molar-refractivity contribution in [2.24, 2.45) is 0 Å². The fourth-order valence-electron chi connectivity index (χ4n) is 0.441. The summed E-state index contributed by atoms with van der Waals surface area (Å²) in [5.74, 6) is 2.27. The molecule has 0 aliphatic heterocycles. The van der Waals surface area contributed by atoms with Crippen LogP contribution in [0.25, 0.3) is 0 Å². The molecule has 0 fully saturated rings. The van der Waals surface area contributed by atoms with E-state index < -0.39 is 7.60 Å². The topological polar surface area (TPSA) is 52.6 Å². The molecule has 0 aliphatic rings. The summed E-state index contributed by atoms with van der Waals surface area (Å²) in [6.07, 6.45) is 2.57. The third-order valence-corrected chi connectivity index (χ3v) is 2.45. The van der Waals surface area contributed by atoms with Gasteiger partial charge in [-0.05, 0) is 19.1 Å². The highest BCUT2D eigenvalue weighted by Crippen LogP contribution is 2.44. The SMILES string of the molecule is COP(=O)(C#C/C=C/C(C)=O)OC. The van der Waals surface area contributed by atoms with Gasteiger partial charge in [0.15, 0.2) is 5.78 Å². The standard InChI is InChI=1S/C8H11O4P/c1-8(9)6-4-5-7-13(10,11-2)12-3/h4,6H,1-3H3/b6-4+. The van der Waals surface area contributed by atoms with Gasteiger partial charge in [-0.3, -0.25) is 4.79 Å². The van der Waals surface area contributed by atoms with Crippen molar-refractivity contribution < 1.29 is 18.4 Å². The van der Waals surface area contributed by atoms with Gasteiger partial charge < -0.3 is 9.05 Å². The molecule has 0 radical (unpaired) electrons. The number of hydrogen-bond donors (Lipinski definition) is 0. The highest BCUT2D eigenvalue weighted by atomic mass is 31.2. The largest absolute Gasteiger partial charge is 0.405 e. The number of allylic oxidation sites excluding steroid dienone is 2. The summed E-state index contributed by atoms with van der Waals surface area (Å²) >= 11 is 0. The lowest BCUT2D eigenvalue weighted by atomic mass is 10.4. The zero-order valence-corrected chi connectivity index (χ0v) is 8.63. The molecule has 72 valence electrons. The van der Waals surface area contributed by atoms with E-state index in [4.69, 9.17) is 0 Å². The molecule has 0 aromatic heterocycles. The van der Waals surface area contributed by atoms with Crippen molar-refractivity contribution in [2.75, 3.05) is 14.2 Å². The highest BCUT2D eigenvalue weighted by Gasteiger charge is 2.15. The molecular weight excluding hydrogens is 191 g/mol. The minimum Gasteiger partial charge on any atom is -0.303 e. The molecule has 0 saturated carbocycles. The summed E-state index contributed by atoms with van der Waals surface area (Å²) in [7, 11) is -0.777. The predicted molar refractivity (Wildman–Crippen MR) is 49.2 cm³/mol. The van der Waals surface area contributed by atoms with E-state index in [1.807, 2.05) is 0 Å². The highest BCUT2D eigenvalue weighted by molar-refractivity contribution is 7.59. The van der Waals surface area contributed by atoms with E-state index >= 15 is 0 Å². The van der Waals surface area contributed by atoms with Gasteiger partial charge >= 0.3 is 7.60 Å². The predicted octanol–water partition coefficient (Wildman–Crippen LogP) is 1.58. The van der Waals surface area contributed by atoms with Gasteiger partial charge in [-0.15, -0.1) is 0 Å². The average molecular weight is 202 g/mol. The monoisotopic (exact) mass is 202 g/mol. The molecule has 0 aliphatic carbocycles. The van der Waals surface area contributed by atoms with Crippen molar-refractivity contribution in [3.05, 3.63) is 12.2 Å². The Hall–Kier alpha value is -0.880. The minimum absolute atomic E-state index is 0.126. The lowest BCUT2D eigenvalue weighted by Crippen LogP contribution is -1.83. The van der Waals surface area contributed by atoms with Gasteiger partial charge in [0.1, 0.15) is 0 Å². The van der Waals surface area contributed by atoms with Crippen LogP contribution in [0.15, 0.2) is 12.2 Å². The number of ketones is 1. The molecular formula is C8H11O4P. The van der Waals surface area contributed by atoms with Gasteiger partial charge in [0.05, 0.1) is 0 Å². The Bertz CT molecular complexity index is 300. The Morgan fingerprint density at radius 3 is 2.31 bits per heavy atom. The van der Waals surface area contributed by atoms with E-state index in [1.165, 1.54) is 33.3 Å². The van der Waals surface area contributed by atoms with Crippen molar-refractivity contribution in [3.8, 4) is 11.6 Å². The van der Waals surface area contributed by atoms with Crippen LogP contribution in [0.5, 0.6) is 0 Å². The van der Waals surface area contributed by atoms with Crippen LogP contribution in [0.1, 0.15) is 6.92 Å². The molecule has 0 saturated heterocycles. The second-order valence-electron chi connectivity index (χ2n) is 2.06. The van der Waals surface area contributed by atoms with Crippen LogP contribution in [0, 0.1) is 11.6 Å². The molecule has 0 rings (SSSR count). The summed E-state index contributed by atoms with van der Waals surface area (Å²) in [5.41, 5.74) is 2.27. The molecule has 13 heavy (non-hydrogen) atoms. The third-order valence-electron chi connectivity index (χ3n) is 1.08. The Morgan fingerprint density at radius 1 is 1.38 bits per heavy atom. The van der Waals surface area contributed by atoms with E-state index in [1.54, 1.807) is 0 Å². The average Bonchev–Trinajstić information content (AvgIpc) is 2.12. The van der Waals surface area contributed by atoms with Crippen molar-refractivity contribution >= 4 is 13.4 Å². The normalized spacial score (nSPS) is 11.0. The number of carbonyl (C=O) groups is 1. The first kappa shape index (κ1) is 12.1. The molecule has 0 atom stereocenters. The van der Waals surface area contributed by atoms with Gasteiger partial charge in [-0.1, -0.05) is 5.92 Å². The zero-order chi connectivity index (χ0) is 10.3. The molecule has 0 N–H and O–H groups in total. The fourth-order valence-corrected chi connectivity index (χ4v) is 1.01. The van der Waals surface area contributed by atoms with Crippen molar-refractivity contribution in [1.82, 2.24) is 0 Å². The molecule has 5 heteroatoms. The van der Waals surface area contributed by atoms with Gasteiger partial charge in [-0.2, -0.15) is 0 Å². The Kier molecular flexibility index (Phi) is 5.33. The smallest absolute Gasteiger partial charge is 0.303 e. The Labute approximate surface area is 77.5 Å². The summed E-state index contributed by atoms with van der Waals surface area (Å²) in [6.45, 7) is 1.39. The van der Waals surface area contributed by atoms with Crippen LogP contribution in [0.3, 0.4) is 0 Å². The van der Waals surface area contributed by atoms with Crippen LogP contribution in [-0.2, 0) is 18.4 Å². The summed E-state index contributed by atoms with van der Waals surface area (Å²) in [5, 5.41) is 0.